The Kier molecular flexibility index (Phi) is 4.19. The molecule has 1 fully saturated rings. The van der Waals surface area contributed by atoms with Gasteiger partial charge in [-0.05, 0) is 30.7 Å². The number of nitro groups is 1. The van der Waals surface area contributed by atoms with Gasteiger partial charge in [0.2, 0.25) is 5.82 Å². The van der Waals surface area contributed by atoms with E-state index in [2.05, 4.69) is 5.32 Å². The van der Waals surface area contributed by atoms with Crippen LogP contribution in [0, 0.1) is 21.8 Å². The van der Waals surface area contributed by atoms with Gasteiger partial charge in [-0.1, -0.05) is 12.1 Å². The minimum absolute atomic E-state index is 0.330. The molecule has 18 heavy (non-hydrogen) atoms. The zero-order valence-electron chi connectivity index (χ0n) is 10.1. The molecular weight excluding hydrogens is 255 g/mol. The topological polar surface area (TPSA) is 55.2 Å². The van der Waals surface area contributed by atoms with Gasteiger partial charge in [-0.2, -0.15) is 16.2 Å². The maximum absolute atomic E-state index is 13.9. The maximum Gasteiger partial charge on any atom is 0.305 e. The van der Waals surface area contributed by atoms with E-state index in [-0.39, 0.29) is 0 Å². The minimum atomic E-state index is -0.686. The largest absolute Gasteiger partial charge is 0.316 e. The number of nitrogens with zero attached hydrogens (tertiary/aromatic N) is 1. The molecule has 0 saturated carbocycles. The molecule has 0 radical (unpaired) electrons. The predicted molar refractivity (Wildman–Crippen MR) is 70.4 cm³/mol. The summed E-state index contributed by atoms with van der Waals surface area (Å²) in [6.07, 6.45) is 0.548. The zero-order valence-corrected chi connectivity index (χ0v) is 10.9. The van der Waals surface area contributed by atoms with Crippen LogP contribution in [0.2, 0.25) is 0 Å². The molecule has 0 bridgehead atoms. The summed E-state index contributed by atoms with van der Waals surface area (Å²) in [6, 6.07) is 4.75. The van der Waals surface area contributed by atoms with Crippen molar-refractivity contribution >= 4 is 17.4 Å². The van der Waals surface area contributed by atoms with Gasteiger partial charge in [0.15, 0.2) is 0 Å². The maximum atomic E-state index is 13.9. The Hall–Kier alpha value is -1.14. The lowest BCUT2D eigenvalue weighted by Gasteiger charge is -2.18. The van der Waals surface area contributed by atoms with E-state index >= 15 is 0 Å². The summed E-state index contributed by atoms with van der Waals surface area (Å²) in [5.74, 6) is 1.62. The Balaban J connectivity index is 2.19. The van der Waals surface area contributed by atoms with Crippen LogP contribution in [0.1, 0.15) is 5.56 Å². The fourth-order valence-corrected chi connectivity index (χ4v) is 3.75. The third-order valence-corrected chi connectivity index (χ3v) is 4.56. The molecule has 6 heteroatoms. The van der Waals surface area contributed by atoms with Crippen LogP contribution in [-0.2, 0) is 6.42 Å². The molecule has 2 rings (SSSR count). The molecular formula is C12H15FN2O2S. The molecule has 1 aromatic rings. The van der Waals surface area contributed by atoms with Gasteiger partial charge in [-0.15, -0.1) is 0 Å². The molecule has 1 N–H and O–H groups in total. The number of rotatable bonds is 4. The van der Waals surface area contributed by atoms with Crippen LogP contribution < -0.4 is 5.32 Å². The molecule has 2 unspecified atom stereocenters. The van der Waals surface area contributed by atoms with Crippen molar-refractivity contribution in [2.75, 3.05) is 18.6 Å². The summed E-state index contributed by atoms with van der Waals surface area (Å²) in [6.45, 7) is 0. The molecule has 0 aromatic heterocycles. The molecule has 98 valence electrons. The van der Waals surface area contributed by atoms with Gasteiger partial charge in [-0.25, -0.2) is 0 Å². The number of nitro benzene ring substituents is 1. The van der Waals surface area contributed by atoms with Crippen molar-refractivity contribution in [1.29, 1.82) is 0 Å². The van der Waals surface area contributed by atoms with Crippen LogP contribution in [0.3, 0.4) is 0 Å². The highest BCUT2D eigenvalue weighted by Crippen LogP contribution is 2.29. The number of benzene rings is 1. The van der Waals surface area contributed by atoms with Gasteiger partial charge in [0.1, 0.15) is 0 Å². The van der Waals surface area contributed by atoms with E-state index in [0.717, 1.165) is 11.5 Å². The SMILES string of the molecule is CNC1CSCC1Cc1cccc([N+](=O)[O-])c1F. The van der Waals surface area contributed by atoms with Crippen molar-refractivity contribution in [2.24, 2.45) is 5.92 Å². The quantitative estimate of drug-likeness (QED) is 0.673. The third-order valence-electron chi connectivity index (χ3n) is 3.31. The lowest BCUT2D eigenvalue weighted by molar-refractivity contribution is -0.387. The molecule has 1 aliphatic rings. The summed E-state index contributed by atoms with van der Waals surface area (Å²) in [5.41, 5.74) is 0.0103. The van der Waals surface area contributed by atoms with Gasteiger partial charge in [0, 0.05) is 17.9 Å². The smallest absolute Gasteiger partial charge is 0.305 e. The molecule has 0 spiro atoms. The van der Waals surface area contributed by atoms with E-state index < -0.39 is 16.4 Å². The monoisotopic (exact) mass is 270 g/mol. The Labute approximate surface area is 109 Å². The van der Waals surface area contributed by atoms with E-state index in [4.69, 9.17) is 0 Å². The van der Waals surface area contributed by atoms with Crippen LogP contribution in [0.15, 0.2) is 18.2 Å². The Morgan fingerprint density at radius 2 is 2.33 bits per heavy atom. The van der Waals surface area contributed by atoms with Crippen LogP contribution >= 0.6 is 11.8 Å². The van der Waals surface area contributed by atoms with E-state index in [0.29, 0.717) is 23.9 Å². The van der Waals surface area contributed by atoms with Crippen molar-refractivity contribution < 1.29 is 9.31 Å². The number of hydrogen-bond donors (Lipinski definition) is 1. The van der Waals surface area contributed by atoms with Crippen molar-refractivity contribution in [3.8, 4) is 0 Å². The molecule has 0 aliphatic carbocycles. The molecule has 2 atom stereocenters. The van der Waals surface area contributed by atoms with Crippen LogP contribution in [0.25, 0.3) is 0 Å². The fraction of sp³-hybridized carbons (Fsp3) is 0.500. The lowest BCUT2D eigenvalue weighted by Crippen LogP contribution is -2.33. The average molecular weight is 270 g/mol. The van der Waals surface area contributed by atoms with Gasteiger partial charge in [-0.3, -0.25) is 10.1 Å². The van der Waals surface area contributed by atoms with Crippen molar-refractivity contribution in [3.05, 3.63) is 39.7 Å². The molecule has 4 nitrogen and oxygen atoms in total. The first-order chi connectivity index (χ1) is 8.63. The number of thioether (sulfide) groups is 1. The first kappa shape index (κ1) is 13.3. The third kappa shape index (κ3) is 2.64. The van der Waals surface area contributed by atoms with E-state index in [1.165, 1.54) is 6.07 Å². The number of halogens is 1. The standard InChI is InChI=1S/C12H15FN2O2S/c1-14-10-7-18-6-9(10)5-8-3-2-4-11(12(8)13)15(16)17/h2-4,9-10,14H,5-7H2,1H3. The molecule has 1 heterocycles. The second-order valence-electron chi connectivity index (χ2n) is 4.40. The van der Waals surface area contributed by atoms with Gasteiger partial charge >= 0.3 is 5.69 Å². The Morgan fingerprint density at radius 3 is 3.00 bits per heavy atom. The van der Waals surface area contributed by atoms with E-state index in [9.17, 15) is 14.5 Å². The fourth-order valence-electron chi connectivity index (χ4n) is 2.27. The highest BCUT2D eigenvalue weighted by atomic mass is 32.2. The average Bonchev–Trinajstić information content (AvgIpc) is 2.78. The molecule has 1 aromatic carbocycles. The molecule has 1 saturated heterocycles. The lowest BCUT2D eigenvalue weighted by atomic mass is 9.94. The van der Waals surface area contributed by atoms with Crippen LogP contribution in [-0.4, -0.2) is 29.5 Å². The minimum Gasteiger partial charge on any atom is -0.316 e. The predicted octanol–water partition coefficient (Wildman–Crippen LogP) is 2.23. The van der Waals surface area contributed by atoms with Gasteiger partial charge in [0.05, 0.1) is 4.92 Å². The van der Waals surface area contributed by atoms with Crippen molar-refractivity contribution in [2.45, 2.75) is 12.5 Å². The number of nitrogens with one attached hydrogen (secondary N) is 1. The summed E-state index contributed by atoms with van der Waals surface area (Å²) in [7, 11) is 1.90. The zero-order chi connectivity index (χ0) is 13.1. The van der Waals surface area contributed by atoms with Crippen LogP contribution in [0.5, 0.6) is 0 Å². The number of hydrogen-bond acceptors (Lipinski definition) is 4. The van der Waals surface area contributed by atoms with E-state index in [1.807, 2.05) is 18.8 Å². The van der Waals surface area contributed by atoms with E-state index in [1.54, 1.807) is 12.1 Å². The Bertz CT molecular complexity index is 456. The highest BCUT2D eigenvalue weighted by Gasteiger charge is 2.28. The summed E-state index contributed by atoms with van der Waals surface area (Å²) >= 11 is 1.83. The Morgan fingerprint density at radius 1 is 1.56 bits per heavy atom. The molecule has 1 aliphatic heterocycles. The first-order valence-corrected chi connectivity index (χ1v) is 6.95. The van der Waals surface area contributed by atoms with Crippen LogP contribution in [0.4, 0.5) is 10.1 Å². The molecule has 0 amide bonds. The van der Waals surface area contributed by atoms with Gasteiger partial charge < -0.3 is 5.32 Å². The second kappa shape index (κ2) is 5.67. The normalized spacial score (nSPS) is 23.2. The first-order valence-electron chi connectivity index (χ1n) is 5.80. The van der Waals surface area contributed by atoms with Crippen molar-refractivity contribution in [1.82, 2.24) is 5.32 Å². The van der Waals surface area contributed by atoms with Gasteiger partial charge in [0.25, 0.3) is 0 Å². The second-order valence-corrected chi connectivity index (χ2v) is 5.48. The highest BCUT2D eigenvalue weighted by molar-refractivity contribution is 7.99. The summed E-state index contributed by atoms with van der Waals surface area (Å²) < 4.78 is 13.9. The summed E-state index contributed by atoms with van der Waals surface area (Å²) in [4.78, 5) is 10.0. The van der Waals surface area contributed by atoms with Crippen molar-refractivity contribution in [3.63, 3.8) is 0 Å². The summed E-state index contributed by atoms with van der Waals surface area (Å²) in [5, 5.41) is 13.9.